The van der Waals surface area contributed by atoms with Gasteiger partial charge in [-0.05, 0) is 30.5 Å². The quantitative estimate of drug-likeness (QED) is 0.911. The summed E-state index contributed by atoms with van der Waals surface area (Å²) in [5.74, 6) is -0.315. The number of amides is 2. The molecule has 0 spiro atoms. The number of benzene rings is 2. The molecule has 0 aromatic heterocycles. The molecule has 1 saturated heterocycles. The van der Waals surface area contributed by atoms with E-state index in [1.54, 1.807) is 4.90 Å². The van der Waals surface area contributed by atoms with Crippen LogP contribution in [-0.4, -0.2) is 18.4 Å². The molecule has 4 heteroatoms. The Morgan fingerprint density at radius 2 is 1.88 bits per heavy atom. The second kappa shape index (κ2) is 7.51. The van der Waals surface area contributed by atoms with Crippen LogP contribution in [0.15, 0.2) is 48.5 Å². The Bertz CT molecular complexity index is 768. The van der Waals surface area contributed by atoms with Crippen molar-refractivity contribution in [2.24, 2.45) is 5.92 Å². The van der Waals surface area contributed by atoms with Gasteiger partial charge in [-0.3, -0.25) is 9.59 Å². The van der Waals surface area contributed by atoms with Gasteiger partial charge < -0.3 is 10.2 Å². The largest absolute Gasteiger partial charge is 0.352 e. The molecule has 0 saturated carbocycles. The van der Waals surface area contributed by atoms with Crippen molar-refractivity contribution < 1.29 is 9.59 Å². The molecule has 2 aromatic carbocycles. The number of carbonyl (C=O) groups excluding carboxylic acids is 2. The lowest BCUT2D eigenvalue weighted by Gasteiger charge is -2.20. The Hall–Kier alpha value is -2.62. The van der Waals surface area contributed by atoms with Gasteiger partial charge in [-0.2, -0.15) is 0 Å². The van der Waals surface area contributed by atoms with Gasteiger partial charge in [0.2, 0.25) is 11.8 Å². The number of carbonyl (C=O) groups is 2. The highest BCUT2D eigenvalue weighted by atomic mass is 16.2. The van der Waals surface area contributed by atoms with E-state index < -0.39 is 0 Å². The Labute approximate surface area is 148 Å². The summed E-state index contributed by atoms with van der Waals surface area (Å²) in [6.45, 7) is 5.06. The van der Waals surface area contributed by atoms with Crippen LogP contribution in [0.2, 0.25) is 0 Å². The molecule has 1 atom stereocenters. The van der Waals surface area contributed by atoms with Crippen LogP contribution in [0.5, 0.6) is 0 Å². The molecule has 0 aliphatic carbocycles. The van der Waals surface area contributed by atoms with Crippen LogP contribution in [0.4, 0.5) is 5.69 Å². The first-order valence-corrected chi connectivity index (χ1v) is 8.80. The first kappa shape index (κ1) is 17.2. The smallest absolute Gasteiger partial charge is 0.227 e. The molecule has 2 amide bonds. The minimum atomic E-state index is -0.289. The summed E-state index contributed by atoms with van der Waals surface area (Å²) in [5, 5.41) is 2.96. The predicted octanol–water partition coefficient (Wildman–Crippen LogP) is 3.23. The van der Waals surface area contributed by atoms with Crippen molar-refractivity contribution in [3.05, 3.63) is 65.2 Å². The number of para-hydroxylation sites is 1. The third-order valence-corrected chi connectivity index (χ3v) is 4.75. The van der Waals surface area contributed by atoms with Crippen molar-refractivity contribution in [3.63, 3.8) is 0 Å². The maximum absolute atomic E-state index is 12.5. The molecule has 1 unspecified atom stereocenters. The Morgan fingerprint density at radius 3 is 2.60 bits per heavy atom. The first-order chi connectivity index (χ1) is 12.1. The topological polar surface area (TPSA) is 49.4 Å². The minimum Gasteiger partial charge on any atom is -0.352 e. The lowest BCUT2D eigenvalue weighted by atomic mass is 10.1. The molecular weight excluding hydrogens is 312 g/mol. The van der Waals surface area contributed by atoms with Crippen molar-refractivity contribution in [2.75, 3.05) is 11.4 Å². The van der Waals surface area contributed by atoms with E-state index in [-0.39, 0.29) is 24.2 Å². The van der Waals surface area contributed by atoms with Crippen molar-refractivity contribution in [1.29, 1.82) is 0 Å². The zero-order chi connectivity index (χ0) is 17.8. The zero-order valence-corrected chi connectivity index (χ0v) is 14.8. The van der Waals surface area contributed by atoms with Crippen LogP contribution in [-0.2, 0) is 22.6 Å². The van der Waals surface area contributed by atoms with Crippen LogP contribution in [0.3, 0.4) is 0 Å². The van der Waals surface area contributed by atoms with Crippen LogP contribution in [0, 0.1) is 12.8 Å². The third-order valence-electron chi connectivity index (χ3n) is 4.75. The van der Waals surface area contributed by atoms with E-state index in [4.69, 9.17) is 0 Å². The van der Waals surface area contributed by atoms with E-state index in [0.717, 1.165) is 23.2 Å². The van der Waals surface area contributed by atoms with Gasteiger partial charge in [0.15, 0.2) is 0 Å². The first-order valence-electron chi connectivity index (χ1n) is 8.80. The third kappa shape index (κ3) is 3.90. The second-order valence-electron chi connectivity index (χ2n) is 6.59. The minimum absolute atomic E-state index is 0.0244. The highest BCUT2D eigenvalue weighted by Gasteiger charge is 2.35. The van der Waals surface area contributed by atoms with E-state index >= 15 is 0 Å². The number of hydrogen-bond acceptors (Lipinski definition) is 2. The molecule has 130 valence electrons. The molecule has 0 radical (unpaired) electrons. The Kier molecular flexibility index (Phi) is 5.17. The van der Waals surface area contributed by atoms with Gasteiger partial charge in [0.05, 0.1) is 5.92 Å². The average molecular weight is 336 g/mol. The number of nitrogens with zero attached hydrogens (tertiary/aromatic N) is 1. The SMILES string of the molecule is CCc1ccccc1N1CC(C(=O)NCc2ccc(C)cc2)CC1=O. The molecule has 1 heterocycles. The number of aryl methyl sites for hydroxylation is 2. The van der Waals surface area contributed by atoms with Crippen LogP contribution in [0.1, 0.15) is 30.0 Å². The maximum atomic E-state index is 12.5. The predicted molar refractivity (Wildman–Crippen MR) is 99.3 cm³/mol. The summed E-state index contributed by atoms with van der Waals surface area (Å²) in [6, 6.07) is 16.0. The van der Waals surface area contributed by atoms with E-state index in [0.29, 0.717) is 13.1 Å². The molecule has 4 nitrogen and oxygen atoms in total. The lowest BCUT2D eigenvalue weighted by Crippen LogP contribution is -2.32. The monoisotopic (exact) mass is 336 g/mol. The van der Waals surface area contributed by atoms with Crippen molar-refractivity contribution in [3.8, 4) is 0 Å². The second-order valence-corrected chi connectivity index (χ2v) is 6.59. The van der Waals surface area contributed by atoms with E-state index in [1.807, 2.05) is 55.5 Å². The van der Waals surface area contributed by atoms with Crippen LogP contribution >= 0.6 is 0 Å². The molecule has 1 N–H and O–H groups in total. The normalized spacial score (nSPS) is 17.0. The average Bonchev–Trinajstić information content (AvgIpc) is 3.02. The number of nitrogens with one attached hydrogen (secondary N) is 1. The summed E-state index contributed by atoms with van der Waals surface area (Å²) in [6.07, 6.45) is 1.14. The van der Waals surface area contributed by atoms with Gasteiger partial charge >= 0.3 is 0 Å². The Balaban J connectivity index is 1.63. The number of rotatable bonds is 5. The molecule has 1 aliphatic rings. The number of anilines is 1. The van der Waals surface area contributed by atoms with E-state index in [9.17, 15) is 9.59 Å². The lowest BCUT2D eigenvalue weighted by molar-refractivity contribution is -0.126. The van der Waals surface area contributed by atoms with Crippen molar-refractivity contribution in [2.45, 2.75) is 33.2 Å². The fraction of sp³-hybridized carbons (Fsp3) is 0.333. The highest BCUT2D eigenvalue weighted by Crippen LogP contribution is 2.28. The van der Waals surface area contributed by atoms with Crippen LogP contribution < -0.4 is 10.2 Å². The van der Waals surface area contributed by atoms with Gasteiger partial charge in [0.1, 0.15) is 0 Å². The summed E-state index contributed by atoms with van der Waals surface area (Å²) in [7, 11) is 0. The van der Waals surface area contributed by atoms with Crippen molar-refractivity contribution >= 4 is 17.5 Å². The maximum Gasteiger partial charge on any atom is 0.227 e. The molecule has 1 fully saturated rings. The molecule has 2 aromatic rings. The molecule has 1 aliphatic heterocycles. The molecule has 0 bridgehead atoms. The van der Waals surface area contributed by atoms with E-state index in [2.05, 4.69) is 12.2 Å². The van der Waals surface area contributed by atoms with Crippen molar-refractivity contribution in [1.82, 2.24) is 5.32 Å². The molecular formula is C21H24N2O2. The fourth-order valence-corrected chi connectivity index (χ4v) is 3.23. The standard InChI is InChI=1S/C21H24N2O2/c1-3-17-6-4-5-7-19(17)23-14-18(12-20(23)24)21(25)22-13-16-10-8-15(2)9-11-16/h4-11,18H,3,12-14H2,1-2H3,(H,22,25). The van der Waals surface area contributed by atoms with Gasteiger partial charge in [0.25, 0.3) is 0 Å². The Morgan fingerprint density at radius 1 is 1.16 bits per heavy atom. The summed E-state index contributed by atoms with van der Waals surface area (Å²) in [4.78, 5) is 26.6. The van der Waals surface area contributed by atoms with E-state index in [1.165, 1.54) is 5.56 Å². The number of hydrogen-bond donors (Lipinski definition) is 1. The molecule has 25 heavy (non-hydrogen) atoms. The summed E-state index contributed by atoms with van der Waals surface area (Å²) in [5.41, 5.74) is 4.33. The highest BCUT2D eigenvalue weighted by molar-refractivity contribution is 6.00. The van der Waals surface area contributed by atoms with Gasteiger partial charge in [-0.15, -0.1) is 0 Å². The van der Waals surface area contributed by atoms with Crippen LogP contribution in [0.25, 0.3) is 0 Å². The summed E-state index contributed by atoms with van der Waals surface area (Å²) < 4.78 is 0. The fourth-order valence-electron chi connectivity index (χ4n) is 3.23. The molecule has 3 rings (SSSR count). The summed E-state index contributed by atoms with van der Waals surface area (Å²) >= 11 is 0. The van der Waals surface area contributed by atoms with Gasteiger partial charge in [-0.25, -0.2) is 0 Å². The van der Waals surface area contributed by atoms with Gasteiger partial charge in [0, 0.05) is 25.2 Å². The zero-order valence-electron chi connectivity index (χ0n) is 14.8. The van der Waals surface area contributed by atoms with Gasteiger partial charge in [-0.1, -0.05) is 55.0 Å².